The Labute approximate surface area is 654 Å². The standard InChI is InChI=1S/C30H42N4O2.C30H37N3O4.C29H36N6O3/c1-24(2)22-31-30(35)27-23-34(29-26(27)12-7-13-28(29)36-3)18-9-17-32-15-8-16-33(21-20-32)19-14-25-10-5-4-6-11-25;1-21(2)19-31-29(35)24-20-33(28-22(24)9-6-11-27(28)36-3)15-7-14-32-16-12-30(13-17-32)18-25(34)23-8-4-5-10-26(23)37-30;1-20(2)18-31-28(36)24-19-35(26-23(24)6-4-7-25(26)37-3)15-5-14-34-16-10-22(11-17-34)29-32-27(33-38-29)21-8-12-30-13-9-21/h4-7,10-13,23-24H,8-9,14-22H2,1-3H3,(H,31,35);4-6,8-11,20-21H,7,12-19H2,1-3H3,(H,31,35);4,6-9,12-13,19-20,22H,5,10-11,14-18H2,1-3H3,(H,31,36). The zero-order chi connectivity index (χ0) is 77.8. The second-order valence-electron chi connectivity index (χ2n) is 31.5. The van der Waals surface area contributed by atoms with Crippen LogP contribution in [0, 0.1) is 17.8 Å². The van der Waals surface area contributed by atoms with E-state index in [1.54, 1.807) is 33.7 Å². The fourth-order valence-electron chi connectivity index (χ4n) is 15.8. The first kappa shape index (κ1) is 80.6. The van der Waals surface area contributed by atoms with Crippen LogP contribution in [0.5, 0.6) is 23.0 Å². The lowest BCUT2D eigenvalue weighted by molar-refractivity contribution is -0.00928. The minimum Gasteiger partial charge on any atom is -0.495 e. The summed E-state index contributed by atoms with van der Waals surface area (Å²) in [4.78, 5) is 70.4. The highest BCUT2D eigenvalue weighted by Crippen LogP contribution is 2.40. The Morgan fingerprint density at radius 2 is 0.946 bits per heavy atom. The number of rotatable bonds is 29. The van der Waals surface area contributed by atoms with Crippen LogP contribution >= 0.6 is 0 Å². The first-order valence-corrected chi connectivity index (χ1v) is 40.3. The zero-order valence-corrected chi connectivity index (χ0v) is 66.7. The van der Waals surface area contributed by atoms with Crippen LogP contribution in [0.1, 0.15) is 158 Å². The van der Waals surface area contributed by atoms with E-state index in [1.807, 2.05) is 110 Å². The number of fused-ring (bicyclic) bond motifs is 4. The SMILES string of the molecule is COc1cccc2c(C(=O)NCC(C)C)cn(CCCN3CCC(c4nc(-c5ccncc5)no4)CC3)c12.COc1cccc2c(C(=O)NCC(C)C)cn(CCCN3CCC4(CC3)CC(=O)c3ccccc3O4)c12.COc1cccc2c(C(=O)NCC(C)C)cn(CCCN3CCCN(CCc4ccccc4)CC3)c12. The highest BCUT2D eigenvalue weighted by molar-refractivity contribution is 6.10. The lowest BCUT2D eigenvalue weighted by atomic mass is 9.82. The van der Waals surface area contributed by atoms with Crippen molar-refractivity contribution in [3.05, 3.63) is 186 Å². The summed E-state index contributed by atoms with van der Waals surface area (Å²) in [7, 11) is 5.05. The number of aromatic nitrogens is 6. The molecule has 3 saturated heterocycles. The Balaban J connectivity index is 0.000000155. The fraction of sp³-hybridized carbons (Fsp3) is 0.472. The van der Waals surface area contributed by atoms with Crippen LogP contribution in [0.25, 0.3) is 44.1 Å². The predicted molar refractivity (Wildman–Crippen MR) is 439 cm³/mol. The number of Topliss-reactive ketones (excluding diaryl/α,β-unsaturated/α-hetero) is 1. The molecule has 5 aromatic carbocycles. The summed E-state index contributed by atoms with van der Waals surface area (Å²) in [5.41, 5.74) is 7.75. The van der Waals surface area contributed by atoms with Crippen LogP contribution in [-0.2, 0) is 26.1 Å². The van der Waals surface area contributed by atoms with E-state index in [0.29, 0.717) is 72.2 Å². The van der Waals surface area contributed by atoms with Crippen molar-refractivity contribution in [2.75, 3.05) is 120 Å². The third-order valence-corrected chi connectivity index (χ3v) is 21.9. The molecule has 3 N–H and O–H groups in total. The summed E-state index contributed by atoms with van der Waals surface area (Å²) < 4.78 is 35.5. The van der Waals surface area contributed by atoms with Crippen molar-refractivity contribution in [2.45, 2.75) is 137 Å². The highest BCUT2D eigenvalue weighted by atomic mass is 16.5. The molecule has 4 aliphatic rings. The zero-order valence-electron chi connectivity index (χ0n) is 66.7. The lowest BCUT2D eigenvalue weighted by Gasteiger charge is -2.44. The average Bonchev–Trinajstić information content (AvgIpc) is 1.78. The van der Waals surface area contributed by atoms with Crippen LogP contribution in [-0.4, -0.2) is 197 Å². The van der Waals surface area contributed by atoms with E-state index < -0.39 is 0 Å². The van der Waals surface area contributed by atoms with Gasteiger partial charge in [0.2, 0.25) is 11.7 Å². The summed E-state index contributed by atoms with van der Waals surface area (Å²) in [6, 6.07) is 39.9. The van der Waals surface area contributed by atoms with Crippen molar-refractivity contribution in [2.24, 2.45) is 17.8 Å². The summed E-state index contributed by atoms with van der Waals surface area (Å²) in [6.07, 6.45) is 18.9. The van der Waals surface area contributed by atoms with Gasteiger partial charge in [-0.25, -0.2) is 0 Å². The van der Waals surface area contributed by atoms with Crippen LogP contribution in [0.15, 0.2) is 157 Å². The molecule has 22 nitrogen and oxygen atoms in total. The predicted octanol–water partition coefficient (Wildman–Crippen LogP) is 14.4. The number of pyridine rings is 1. The number of amides is 3. The number of piperidine rings is 2. The number of carbonyl (C=O) groups excluding carboxylic acids is 4. The molecule has 0 radical (unpaired) electrons. The van der Waals surface area contributed by atoms with Crippen molar-refractivity contribution in [1.82, 2.24) is 64.4 Å². The van der Waals surface area contributed by atoms with E-state index in [0.717, 1.165) is 216 Å². The molecule has 3 amide bonds. The molecule has 22 heteroatoms. The van der Waals surface area contributed by atoms with Gasteiger partial charge in [0.05, 0.1) is 66.6 Å². The van der Waals surface area contributed by atoms with Crippen molar-refractivity contribution in [3.8, 4) is 34.4 Å². The summed E-state index contributed by atoms with van der Waals surface area (Å²) in [6.45, 7) is 29.6. The first-order valence-electron chi connectivity index (χ1n) is 40.3. The molecule has 9 heterocycles. The second-order valence-corrected chi connectivity index (χ2v) is 31.5. The smallest absolute Gasteiger partial charge is 0.253 e. The molecule has 10 aromatic rings. The van der Waals surface area contributed by atoms with Crippen molar-refractivity contribution in [1.29, 1.82) is 0 Å². The maximum absolute atomic E-state index is 12.9. The maximum atomic E-state index is 12.9. The summed E-state index contributed by atoms with van der Waals surface area (Å²) in [5.74, 6) is 6.06. The molecule has 0 unspecified atom stereocenters. The number of para-hydroxylation sites is 4. The largest absolute Gasteiger partial charge is 0.495 e. The lowest BCUT2D eigenvalue weighted by Crippen LogP contribution is -2.51. The van der Waals surface area contributed by atoms with Crippen molar-refractivity contribution >= 4 is 56.2 Å². The first-order chi connectivity index (χ1) is 54.0. The molecule has 4 aliphatic heterocycles. The molecule has 0 aliphatic carbocycles. The molecule has 3 fully saturated rings. The van der Waals surface area contributed by atoms with Crippen molar-refractivity contribution < 1.29 is 42.6 Å². The van der Waals surface area contributed by atoms with Gasteiger partial charge in [0.15, 0.2) is 5.78 Å². The number of likely N-dealkylation sites (tertiary alicyclic amines) is 2. The van der Waals surface area contributed by atoms with Gasteiger partial charge in [-0.2, -0.15) is 4.98 Å². The normalized spacial score (nSPS) is 15.8. The van der Waals surface area contributed by atoms with E-state index in [1.165, 1.54) is 18.5 Å². The number of hydrogen-bond acceptors (Lipinski definition) is 16. The Bertz CT molecular complexity index is 4680. The molecule has 1 spiro atoms. The van der Waals surface area contributed by atoms with Crippen LogP contribution in [0.4, 0.5) is 0 Å². The molecule has 590 valence electrons. The van der Waals surface area contributed by atoms with Gasteiger partial charge in [-0.1, -0.05) is 126 Å². The van der Waals surface area contributed by atoms with Gasteiger partial charge in [0.1, 0.15) is 28.6 Å². The third-order valence-electron chi connectivity index (χ3n) is 21.9. The molecule has 111 heavy (non-hydrogen) atoms. The van der Waals surface area contributed by atoms with Crippen LogP contribution in [0.3, 0.4) is 0 Å². The number of benzene rings is 5. The van der Waals surface area contributed by atoms with E-state index in [-0.39, 0.29) is 29.1 Å². The number of hydrogen-bond donors (Lipinski definition) is 3. The fourth-order valence-corrected chi connectivity index (χ4v) is 15.8. The minimum absolute atomic E-state index is 0.0104. The van der Waals surface area contributed by atoms with Gasteiger partial charge in [-0.15, -0.1) is 0 Å². The summed E-state index contributed by atoms with van der Waals surface area (Å²) in [5, 5.41) is 16.2. The molecular formula is C89H115N13O9. The Kier molecular flexibility index (Phi) is 28.2. The summed E-state index contributed by atoms with van der Waals surface area (Å²) >= 11 is 0. The van der Waals surface area contributed by atoms with E-state index >= 15 is 0 Å². The molecule has 14 rings (SSSR count). The molecule has 5 aromatic heterocycles. The Hall–Kier alpha value is -9.87. The maximum Gasteiger partial charge on any atom is 0.253 e. The van der Waals surface area contributed by atoms with Gasteiger partial charge in [-0.05, 0) is 157 Å². The topological polar surface area (TPSA) is 221 Å². The van der Waals surface area contributed by atoms with Crippen LogP contribution < -0.4 is 34.9 Å². The molecule has 0 saturated carbocycles. The number of carbonyl (C=O) groups is 4. The van der Waals surface area contributed by atoms with E-state index in [4.69, 9.17) is 23.5 Å². The number of aryl methyl sites for hydroxylation is 3. The monoisotopic (exact) mass is 1510 g/mol. The molecule has 0 bridgehead atoms. The molecular weight excluding hydrogens is 1400 g/mol. The Morgan fingerprint density at radius 1 is 0.505 bits per heavy atom. The number of ether oxygens (including phenoxy) is 4. The van der Waals surface area contributed by atoms with Gasteiger partial charge in [0.25, 0.3) is 17.7 Å². The van der Waals surface area contributed by atoms with Gasteiger partial charge in [0, 0.05) is 143 Å². The number of methoxy groups -OCH3 is 3. The third kappa shape index (κ3) is 20.8. The second kappa shape index (κ2) is 38.9. The minimum atomic E-state index is -0.371. The highest BCUT2D eigenvalue weighted by Gasteiger charge is 2.43. The van der Waals surface area contributed by atoms with E-state index in [2.05, 4.69) is 136 Å². The number of nitrogens with one attached hydrogen (secondary N) is 3. The van der Waals surface area contributed by atoms with Crippen LogP contribution in [0.2, 0.25) is 0 Å². The quantitative estimate of drug-likeness (QED) is 0.0397. The van der Waals surface area contributed by atoms with Gasteiger partial charge < -0.3 is 72.7 Å². The Morgan fingerprint density at radius 3 is 1.41 bits per heavy atom. The van der Waals surface area contributed by atoms with Gasteiger partial charge in [-0.3, -0.25) is 24.2 Å². The van der Waals surface area contributed by atoms with Gasteiger partial charge >= 0.3 is 0 Å². The number of nitrogens with zero attached hydrogens (tertiary/aromatic N) is 10. The average molecular weight is 1510 g/mol. The van der Waals surface area contributed by atoms with Crippen molar-refractivity contribution in [3.63, 3.8) is 0 Å². The molecule has 0 atom stereocenters. The van der Waals surface area contributed by atoms with E-state index in [9.17, 15) is 19.2 Å². The number of ketones is 1.